The zero-order chi connectivity index (χ0) is 24.1. The highest BCUT2D eigenvalue weighted by atomic mass is 16.6. The smallest absolute Gasteiger partial charge is 0.315 e. The van der Waals surface area contributed by atoms with Crippen molar-refractivity contribution in [3.05, 3.63) is 81.9 Å². The summed E-state index contributed by atoms with van der Waals surface area (Å²) >= 11 is 0. The van der Waals surface area contributed by atoms with Gasteiger partial charge in [-0.1, -0.05) is 30.3 Å². The molecule has 2 N–H and O–H groups in total. The zero-order valence-corrected chi connectivity index (χ0v) is 18.4. The molecule has 34 heavy (non-hydrogen) atoms. The van der Waals surface area contributed by atoms with E-state index in [4.69, 9.17) is 9.47 Å². The first kappa shape index (κ1) is 22.5. The van der Waals surface area contributed by atoms with Gasteiger partial charge < -0.3 is 14.5 Å². The van der Waals surface area contributed by atoms with Crippen LogP contribution in [0.3, 0.4) is 0 Å². The second-order valence-electron chi connectivity index (χ2n) is 7.14. The summed E-state index contributed by atoms with van der Waals surface area (Å²) in [4.78, 5) is 31.2. The number of nitrogens with zero attached hydrogens (tertiary/aromatic N) is 3. The van der Waals surface area contributed by atoms with E-state index >= 15 is 0 Å². The molecule has 0 saturated carbocycles. The van der Waals surface area contributed by atoms with Crippen LogP contribution in [0, 0.1) is 10.1 Å². The van der Waals surface area contributed by atoms with Gasteiger partial charge in [0.05, 0.1) is 35.9 Å². The van der Waals surface area contributed by atoms with Crippen LogP contribution in [0.15, 0.2) is 65.8 Å². The number of hydrogen-bond acceptors (Lipinski definition) is 7. The minimum atomic E-state index is -0.569. The number of ether oxygens (including phenoxy) is 2. The molecule has 0 spiro atoms. The van der Waals surface area contributed by atoms with E-state index in [0.29, 0.717) is 29.1 Å². The summed E-state index contributed by atoms with van der Waals surface area (Å²) in [6.07, 6.45) is 1.30. The molecule has 3 aromatic carbocycles. The number of aromatic nitrogens is 2. The summed E-state index contributed by atoms with van der Waals surface area (Å²) in [6, 6.07) is 17.6. The number of imidazole rings is 1. The van der Waals surface area contributed by atoms with Gasteiger partial charge in [-0.25, -0.2) is 10.4 Å². The van der Waals surface area contributed by atoms with E-state index in [2.05, 4.69) is 20.5 Å². The van der Waals surface area contributed by atoms with E-state index in [9.17, 15) is 14.9 Å². The highest BCUT2D eigenvalue weighted by Gasteiger charge is 2.21. The number of aromatic amines is 1. The molecule has 1 heterocycles. The van der Waals surface area contributed by atoms with E-state index in [1.54, 1.807) is 31.2 Å². The molecule has 4 aromatic rings. The van der Waals surface area contributed by atoms with Gasteiger partial charge >= 0.3 is 5.69 Å². The molecule has 172 valence electrons. The van der Waals surface area contributed by atoms with Gasteiger partial charge in [-0.2, -0.15) is 5.10 Å². The third kappa shape index (κ3) is 4.70. The number of hydrazone groups is 1. The van der Waals surface area contributed by atoms with E-state index in [0.717, 1.165) is 11.1 Å². The van der Waals surface area contributed by atoms with Gasteiger partial charge in [-0.15, -0.1) is 0 Å². The zero-order valence-electron chi connectivity index (χ0n) is 18.4. The second-order valence-corrected chi connectivity index (χ2v) is 7.14. The molecular formula is C24H21N5O5. The fourth-order valence-corrected chi connectivity index (χ4v) is 3.40. The number of nitrogens with one attached hydrogen (secondary N) is 2. The van der Waals surface area contributed by atoms with E-state index in [1.165, 1.54) is 19.4 Å². The Bertz CT molecular complexity index is 1380. The van der Waals surface area contributed by atoms with Crippen molar-refractivity contribution in [2.45, 2.75) is 6.92 Å². The third-order valence-corrected chi connectivity index (χ3v) is 4.93. The lowest BCUT2D eigenvalue weighted by Gasteiger charge is -2.10. The van der Waals surface area contributed by atoms with Crippen LogP contribution in [0.25, 0.3) is 22.4 Å². The molecule has 4 rings (SSSR count). The number of nitro benzene ring substituents is 1. The van der Waals surface area contributed by atoms with Crippen LogP contribution in [0.4, 0.5) is 5.69 Å². The Kier molecular flexibility index (Phi) is 6.49. The van der Waals surface area contributed by atoms with Crippen LogP contribution in [0.1, 0.15) is 22.8 Å². The lowest BCUT2D eigenvalue weighted by Crippen LogP contribution is -2.17. The maximum absolute atomic E-state index is 12.6. The summed E-state index contributed by atoms with van der Waals surface area (Å²) in [5.41, 5.74) is 5.30. The van der Waals surface area contributed by atoms with Gasteiger partial charge in [0.25, 0.3) is 5.91 Å². The monoisotopic (exact) mass is 459 g/mol. The molecule has 0 aliphatic heterocycles. The minimum Gasteiger partial charge on any atom is -0.490 e. The van der Waals surface area contributed by atoms with E-state index in [1.807, 2.05) is 30.3 Å². The van der Waals surface area contributed by atoms with Crippen LogP contribution in [-0.4, -0.2) is 40.7 Å². The highest BCUT2D eigenvalue weighted by Crippen LogP contribution is 2.37. The number of H-pyrrole nitrogens is 1. The Hall–Kier alpha value is -4.73. The Morgan fingerprint density at radius 2 is 2.00 bits per heavy atom. The third-order valence-electron chi connectivity index (χ3n) is 4.93. The molecule has 10 nitrogen and oxygen atoms in total. The van der Waals surface area contributed by atoms with Gasteiger partial charge in [0, 0.05) is 22.8 Å². The first-order valence-corrected chi connectivity index (χ1v) is 10.4. The van der Waals surface area contributed by atoms with Crippen LogP contribution in [-0.2, 0) is 0 Å². The Morgan fingerprint density at radius 3 is 2.71 bits per heavy atom. The summed E-state index contributed by atoms with van der Waals surface area (Å²) in [6.45, 7) is 2.05. The molecule has 0 bridgehead atoms. The molecule has 1 amide bonds. The van der Waals surface area contributed by atoms with Crippen molar-refractivity contribution in [3.63, 3.8) is 0 Å². The van der Waals surface area contributed by atoms with Crippen molar-refractivity contribution < 1.29 is 19.2 Å². The van der Waals surface area contributed by atoms with E-state index < -0.39 is 10.8 Å². The quantitative estimate of drug-likeness (QED) is 0.229. The first-order chi connectivity index (χ1) is 16.5. The lowest BCUT2D eigenvalue weighted by molar-refractivity contribution is -0.385. The molecule has 10 heteroatoms. The summed E-state index contributed by atoms with van der Waals surface area (Å²) in [5, 5.41) is 15.3. The normalized spacial score (nSPS) is 11.0. The van der Waals surface area contributed by atoms with Crippen LogP contribution >= 0.6 is 0 Å². The fourth-order valence-electron chi connectivity index (χ4n) is 3.40. The number of benzene rings is 3. The lowest BCUT2D eigenvalue weighted by atomic mass is 10.2. The molecule has 1 aromatic heterocycles. The van der Waals surface area contributed by atoms with Crippen molar-refractivity contribution in [2.75, 3.05) is 13.7 Å². The van der Waals surface area contributed by atoms with Crippen molar-refractivity contribution in [2.24, 2.45) is 5.10 Å². The molecule has 0 radical (unpaired) electrons. The largest absolute Gasteiger partial charge is 0.490 e. The number of carbonyl (C=O) groups excluding carboxylic acids is 1. The SMILES string of the molecule is CCOc1cc(/C=N/NC(=O)c2ccc3nc(-c4ccccc4)[nH]c3c2)cc([N+](=O)[O-])c1OC. The summed E-state index contributed by atoms with van der Waals surface area (Å²) in [7, 11) is 1.33. The van der Waals surface area contributed by atoms with E-state index in [-0.39, 0.29) is 17.2 Å². The maximum atomic E-state index is 12.6. The molecule has 0 atom stereocenters. The average Bonchev–Trinajstić information content (AvgIpc) is 3.28. The number of carbonyl (C=O) groups is 1. The predicted octanol–water partition coefficient (Wildman–Crippen LogP) is 4.31. The predicted molar refractivity (Wildman–Crippen MR) is 127 cm³/mol. The Morgan fingerprint density at radius 1 is 1.21 bits per heavy atom. The second kappa shape index (κ2) is 9.82. The standard InChI is InChI=1S/C24H21N5O5/c1-3-34-21-12-15(11-20(29(31)32)22(21)33-2)14-25-28-24(30)17-9-10-18-19(13-17)27-23(26-18)16-7-5-4-6-8-16/h4-14H,3H2,1-2H3,(H,26,27)(H,28,30)/b25-14+. The molecule has 0 saturated heterocycles. The van der Waals surface area contributed by atoms with Gasteiger partial charge in [-0.3, -0.25) is 14.9 Å². The van der Waals surface area contributed by atoms with Crippen molar-refractivity contribution in [1.29, 1.82) is 0 Å². The topological polar surface area (TPSA) is 132 Å². The van der Waals surface area contributed by atoms with Crippen molar-refractivity contribution in [3.8, 4) is 22.9 Å². The molecule has 0 fully saturated rings. The van der Waals surface area contributed by atoms with Crippen molar-refractivity contribution in [1.82, 2.24) is 15.4 Å². The fraction of sp³-hybridized carbons (Fsp3) is 0.125. The average molecular weight is 459 g/mol. The van der Waals surface area contributed by atoms with Gasteiger partial charge in [0.1, 0.15) is 5.82 Å². The highest BCUT2D eigenvalue weighted by molar-refractivity contribution is 5.98. The number of hydrogen-bond donors (Lipinski definition) is 2. The summed E-state index contributed by atoms with van der Waals surface area (Å²) in [5.74, 6) is 0.501. The van der Waals surface area contributed by atoms with Gasteiger partial charge in [0.2, 0.25) is 5.75 Å². The van der Waals surface area contributed by atoms with Crippen LogP contribution in [0.2, 0.25) is 0 Å². The Balaban J connectivity index is 1.53. The minimum absolute atomic E-state index is 0.0239. The molecular weight excluding hydrogens is 438 g/mol. The Labute approximate surface area is 194 Å². The van der Waals surface area contributed by atoms with Gasteiger partial charge in [0.15, 0.2) is 5.75 Å². The maximum Gasteiger partial charge on any atom is 0.315 e. The number of methoxy groups -OCH3 is 1. The number of amides is 1. The van der Waals surface area contributed by atoms with Crippen LogP contribution < -0.4 is 14.9 Å². The van der Waals surface area contributed by atoms with Crippen molar-refractivity contribution >= 4 is 28.8 Å². The van der Waals surface area contributed by atoms with Gasteiger partial charge in [-0.05, 0) is 31.2 Å². The molecule has 0 unspecified atom stereocenters. The first-order valence-electron chi connectivity index (χ1n) is 10.4. The molecule has 0 aliphatic carbocycles. The molecule has 0 aliphatic rings. The number of rotatable bonds is 8. The number of nitro groups is 1. The number of fused-ring (bicyclic) bond motifs is 1. The summed E-state index contributed by atoms with van der Waals surface area (Å²) < 4.78 is 10.6. The van der Waals surface area contributed by atoms with Crippen LogP contribution in [0.5, 0.6) is 11.5 Å².